The van der Waals surface area contributed by atoms with Crippen LogP contribution in [0.3, 0.4) is 0 Å². The molecule has 0 spiro atoms. The second-order valence-corrected chi connectivity index (χ2v) is 4.59. The Bertz CT molecular complexity index is 334. The van der Waals surface area contributed by atoms with Crippen molar-refractivity contribution in [3.05, 3.63) is 10.2 Å². The number of rotatable bonds is 1. The molecule has 0 fully saturated rings. The second-order valence-electron chi connectivity index (χ2n) is 3.80. The van der Waals surface area contributed by atoms with Gasteiger partial charge in [-0.2, -0.15) is 5.10 Å². The average molecular weight is 262 g/mol. The molecule has 0 aliphatic carbocycles. The molecule has 0 aliphatic heterocycles. The number of nitrogens with two attached hydrogens (primary N) is 1. The van der Waals surface area contributed by atoms with Crippen LogP contribution in [0.2, 0.25) is 0 Å². The van der Waals surface area contributed by atoms with Gasteiger partial charge in [-0.25, -0.2) is 4.79 Å². The molecule has 6 heteroatoms. The van der Waals surface area contributed by atoms with Crippen LogP contribution in [-0.4, -0.2) is 21.8 Å². The first-order valence-corrected chi connectivity index (χ1v) is 4.83. The molecule has 0 saturated heterocycles. The topological polar surface area (TPSA) is 81.0 Å². The fourth-order valence-corrected chi connectivity index (χ4v) is 1.31. The summed E-state index contributed by atoms with van der Waals surface area (Å²) < 4.78 is 5.57. The summed E-state index contributed by atoms with van der Waals surface area (Å²) in [6.07, 6.45) is 0. The summed E-state index contributed by atoms with van der Waals surface area (Å²) in [6, 6.07) is 0. The van der Waals surface area contributed by atoms with E-state index in [4.69, 9.17) is 10.5 Å². The zero-order valence-corrected chi connectivity index (χ0v) is 9.81. The highest BCUT2D eigenvalue weighted by Crippen LogP contribution is 2.22. The van der Waals surface area contributed by atoms with Gasteiger partial charge in [-0.15, -0.1) is 0 Å². The number of ether oxygens (including phenoxy) is 1. The zero-order chi connectivity index (χ0) is 10.9. The Labute approximate surface area is 90.1 Å². The van der Waals surface area contributed by atoms with Crippen molar-refractivity contribution in [2.75, 3.05) is 5.73 Å². The molecule has 0 bridgehead atoms. The van der Waals surface area contributed by atoms with Crippen LogP contribution in [0.25, 0.3) is 0 Å². The minimum Gasteiger partial charge on any atom is -0.456 e. The largest absolute Gasteiger partial charge is 0.456 e. The molecule has 3 N–H and O–H groups in total. The third kappa shape index (κ3) is 2.47. The van der Waals surface area contributed by atoms with Crippen molar-refractivity contribution in [3.63, 3.8) is 0 Å². The van der Waals surface area contributed by atoms with Gasteiger partial charge in [-0.05, 0) is 36.7 Å². The van der Waals surface area contributed by atoms with Gasteiger partial charge in [0.25, 0.3) is 0 Å². The summed E-state index contributed by atoms with van der Waals surface area (Å²) in [7, 11) is 0. The number of carbonyl (C=O) groups is 1. The molecule has 14 heavy (non-hydrogen) atoms. The van der Waals surface area contributed by atoms with Crippen molar-refractivity contribution in [2.24, 2.45) is 0 Å². The number of hydrogen-bond acceptors (Lipinski definition) is 4. The van der Waals surface area contributed by atoms with Crippen molar-refractivity contribution < 1.29 is 9.53 Å². The molecular weight excluding hydrogens is 250 g/mol. The maximum atomic E-state index is 11.6. The number of aromatic nitrogens is 2. The highest BCUT2D eigenvalue weighted by atomic mass is 79.9. The molecule has 1 aromatic heterocycles. The Morgan fingerprint density at radius 1 is 1.57 bits per heavy atom. The summed E-state index contributed by atoms with van der Waals surface area (Å²) in [5.41, 5.74) is 5.18. The number of aromatic amines is 1. The maximum absolute atomic E-state index is 11.6. The lowest BCUT2D eigenvalue weighted by atomic mass is 10.2. The highest BCUT2D eigenvalue weighted by Gasteiger charge is 2.23. The van der Waals surface area contributed by atoms with Gasteiger partial charge in [-0.3, -0.25) is 5.10 Å². The summed E-state index contributed by atoms with van der Waals surface area (Å²) in [4.78, 5) is 11.6. The van der Waals surface area contributed by atoms with E-state index in [1.54, 1.807) is 20.8 Å². The summed E-state index contributed by atoms with van der Waals surface area (Å²) in [5.74, 6) is -0.359. The van der Waals surface area contributed by atoms with E-state index in [2.05, 4.69) is 26.1 Å². The van der Waals surface area contributed by atoms with E-state index in [-0.39, 0.29) is 11.4 Å². The molecule has 0 amide bonds. The van der Waals surface area contributed by atoms with Crippen molar-refractivity contribution in [1.29, 1.82) is 0 Å². The number of anilines is 1. The molecular formula is C8H12BrN3O2. The third-order valence-electron chi connectivity index (χ3n) is 1.35. The lowest BCUT2D eigenvalue weighted by molar-refractivity contribution is 0.00699. The Kier molecular flexibility index (Phi) is 2.84. The number of nitrogens with zero attached hydrogens (tertiary/aromatic N) is 1. The summed E-state index contributed by atoms with van der Waals surface area (Å²) >= 11 is 3.13. The number of nitrogens with one attached hydrogen (secondary N) is 1. The van der Waals surface area contributed by atoms with E-state index in [0.29, 0.717) is 4.60 Å². The van der Waals surface area contributed by atoms with E-state index >= 15 is 0 Å². The number of esters is 1. The van der Waals surface area contributed by atoms with Crippen LogP contribution in [-0.2, 0) is 4.74 Å². The van der Waals surface area contributed by atoms with E-state index in [1.165, 1.54) is 0 Å². The Morgan fingerprint density at radius 2 is 2.14 bits per heavy atom. The summed E-state index contributed by atoms with van der Waals surface area (Å²) in [5, 5.41) is 6.22. The van der Waals surface area contributed by atoms with Crippen LogP contribution in [0.1, 0.15) is 31.1 Å². The molecule has 78 valence electrons. The van der Waals surface area contributed by atoms with Crippen LogP contribution < -0.4 is 5.73 Å². The molecule has 1 aromatic rings. The van der Waals surface area contributed by atoms with Gasteiger partial charge in [0.15, 0.2) is 5.82 Å². The fourth-order valence-electron chi connectivity index (χ4n) is 0.857. The van der Waals surface area contributed by atoms with E-state index in [1.807, 2.05) is 0 Å². The number of carbonyl (C=O) groups excluding carboxylic acids is 1. The van der Waals surface area contributed by atoms with Gasteiger partial charge >= 0.3 is 5.97 Å². The molecule has 0 atom stereocenters. The smallest absolute Gasteiger partial charge is 0.345 e. The second kappa shape index (κ2) is 3.61. The first-order chi connectivity index (χ1) is 6.31. The number of hydrogen-bond donors (Lipinski definition) is 2. The standard InChI is InChI=1S/C8H12BrN3O2/c1-8(2,3)14-7(13)4-5(9)11-12-6(4)10/h1-3H3,(H3,10,11,12). The first-order valence-electron chi connectivity index (χ1n) is 4.04. The molecule has 0 aromatic carbocycles. The van der Waals surface area contributed by atoms with E-state index < -0.39 is 11.6 Å². The quantitative estimate of drug-likeness (QED) is 0.755. The Morgan fingerprint density at radius 3 is 2.50 bits per heavy atom. The molecule has 0 aliphatic rings. The highest BCUT2D eigenvalue weighted by molar-refractivity contribution is 9.10. The van der Waals surface area contributed by atoms with Crippen LogP contribution in [0, 0.1) is 0 Å². The zero-order valence-electron chi connectivity index (χ0n) is 8.22. The molecule has 5 nitrogen and oxygen atoms in total. The van der Waals surface area contributed by atoms with Crippen molar-refractivity contribution in [2.45, 2.75) is 26.4 Å². The lowest BCUT2D eigenvalue weighted by Gasteiger charge is -2.19. The van der Waals surface area contributed by atoms with Crippen LogP contribution in [0.5, 0.6) is 0 Å². The van der Waals surface area contributed by atoms with Gasteiger partial charge in [0.2, 0.25) is 0 Å². The van der Waals surface area contributed by atoms with Crippen LogP contribution in [0.15, 0.2) is 4.60 Å². The summed E-state index contributed by atoms with van der Waals surface area (Å²) in [6.45, 7) is 5.36. The molecule has 0 saturated carbocycles. The minimum atomic E-state index is -0.541. The van der Waals surface area contributed by atoms with E-state index in [9.17, 15) is 4.79 Å². The molecule has 0 unspecified atom stereocenters. The van der Waals surface area contributed by atoms with Crippen molar-refractivity contribution >= 4 is 27.7 Å². The molecule has 1 rings (SSSR count). The van der Waals surface area contributed by atoms with Crippen molar-refractivity contribution in [1.82, 2.24) is 10.2 Å². The third-order valence-corrected chi connectivity index (χ3v) is 1.93. The average Bonchev–Trinajstić information content (AvgIpc) is 2.27. The van der Waals surface area contributed by atoms with E-state index in [0.717, 1.165) is 0 Å². The van der Waals surface area contributed by atoms with Crippen molar-refractivity contribution in [3.8, 4) is 0 Å². The van der Waals surface area contributed by atoms with Crippen LogP contribution in [0.4, 0.5) is 5.82 Å². The molecule has 0 radical (unpaired) electrons. The monoisotopic (exact) mass is 261 g/mol. The van der Waals surface area contributed by atoms with Gasteiger partial charge < -0.3 is 10.5 Å². The number of nitrogen functional groups attached to an aromatic ring is 1. The number of H-pyrrole nitrogens is 1. The van der Waals surface area contributed by atoms with Gasteiger partial charge in [0.1, 0.15) is 15.8 Å². The fraction of sp³-hybridized carbons (Fsp3) is 0.500. The predicted molar refractivity (Wildman–Crippen MR) is 55.9 cm³/mol. The lowest BCUT2D eigenvalue weighted by Crippen LogP contribution is -2.24. The first kappa shape index (κ1) is 11.0. The minimum absolute atomic E-state index is 0.131. The maximum Gasteiger partial charge on any atom is 0.345 e. The van der Waals surface area contributed by atoms with Gasteiger partial charge in [-0.1, -0.05) is 0 Å². The van der Waals surface area contributed by atoms with Gasteiger partial charge in [0, 0.05) is 0 Å². The van der Waals surface area contributed by atoms with Crippen LogP contribution >= 0.6 is 15.9 Å². The molecule has 1 heterocycles. The Balaban J connectivity index is 2.90. The SMILES string of the molecule is CC(C)(C)OC(=O)c1c(N)n[nH]c1Br. The normalized spacial score (nSPS) is 11.4. The number of halogens is 1. The van der Waals surface area contributed by atoms with Gasteiger partial charge in [0.05, 0.1) is 0 Å². The predicted octanol–water partition coefficient (Wildman–Crippen LogP) is 1.71. The Hall–Kier alpha value is -1.04.